The van der Waals surface area contributed by atoms with Gasteiger partial charge in [0.1, 0.15) is 11.6 Å². The fourth-order valence-corrected chi connectivity index (χ4v) is 4.15. The molecule has 2 amide bonds. The van der Waals surface area contributed by atoms with E-state index in [1.165, 1.54) is 11.1 Å². The molecule has 2 heterocycles. The van der Waals surface area contributed by atoms with Gasteiger partial charge in [0, 0.05) is 25.6 Å². The molecule has 0 aliphatic heterocycles. The van der Waals surface area contributed by atoms with Gasteiger partial charge in [-0.25, -0.2) is 4.98 Å². The summed E-state index contributed by atoms with van der Waals surface area (Å²) in [5.41, 5.74) is 2.24. The molecule has 1 fully saturated rings. The second-order valence-electron chi connectivity index (χ2n) is 7.81. The average Bonchev–Trinajstić information content (AvgIpc) is 3.32. The summed E-state index contributed by atoms with van der Waals surface area (Å²) in [6.07, 6.45) is 5.25. The number of para-hydroxylation sites is 2. The molecule has 30 heavy (non-hydrogen) atoms. The lowest BCUT2D eigenvalue weighted by Gasteiger charge is -2.20. The monoisotopic (exact) mass is 408 g/mol. The van der Waals surface area contributed by atoms with Crippen LogP contribution >= 0.6 is 0 Å². The van der Waals surface area contributed by atoms with Crippen molar-refractivity contribution in [2.24, 2.45) is 13.0 Å². The van der Waals surface area contributed by atoms with Crippen molar-refractivity contribution in [2.45, 2.75) is 52.1 Å². The first-order valence-electron chi connectivity index (χ1n) is 10.6. The summed E-state index contributed by atoms with van der Waals surface area (Å²) in [6, 6.07) is 9.55. The fraction of sp³-hybridized carbons (Fsp3) is 0.455. The Morgan fingerprint density at radius 1 is 1.17 bits per heavy atom. The zero-order valence-electron chi connectivity index (χ0n) is 17.5. The molecule has 8 heteroatoms. The zero-order valence-corrected chi connectivity index (χ0v) is 17.5. The van der Waals surface area contributed by atoms with E-state index in [1.54, 1.807) is 13.1 Å². The molecule has 0 saturated heterocycles. The molecule has 158 valence electrons. The normalized spacial score (nSPS) is 14.7. The number of amides is 2. The van der Waals surface area contributed by atoms with Gasteiger partial charge in [-0.3, -0.25) is 14.3 Å². The first-order chi connectivity index (χ1) is 14.6. The summed E-state index contributed by atoms with van der Waals surface area (Å²) >= 11 is 0. The molecular formula is C22H28N6O2. The molecule has 0 radical (unpaired) electrons. The topological polar surface area (TPSA) is 93.8 Å². The summed E-state index contributed by atoms with van der Waals surface area (Å²) in [6.45, 7) is 3.13. The molecule has 4 rings (SSSR count). The molecular weight excluding hydrogens is 380 g/mol. The summed E-state index contributed by atoms with van der Waals surface area (Å²) in [4.78, 5) is 29.8. The smallest absolute Gasteiger partial charge is 0.272 e. The van der Waals surface area contributed by atoms with Crippen LogP contribution in [0.2, 0.25) is 0 Å². The van der Waals surface area contributed by atoms with Gasteiger partial charge in [-0.1, -0.05) is 31.4 Å². The van der Waals surface area contributed by atoms with Gasteiger partial charge in [0.05, 0.1) is 17.6 Å². The third-order valence-electron chi connectivity index (χ3n) is 5.80. The van der Waals surface area contributed by atoms with Crippen LogP contribution in [0.5, 0.6) is 0 Å². The third-order valence-corrected chi connectivity index (χ3v) is 5.80. The van der Waals surface area contributed by atoms with Crippen molar-refractivity contribution in [2.75, 3.05) is 5.32 Å². The number of rotatable bonds is 6. The summed E-state index contributed by atoms with van der Waals surface area (Å²) < 4.78 is 3.63. The van der Waals surface area contributed by atoms with E-state index < -0.39 is 0 Å². The SMILES string of the molecule is CCn1c(CNC(=O)c2cc(NC(=O)C3CCCCC3)n(C)n2)nc2ccccc21. The second-order valence-corrected chi connectivity index (χ2v) is 7.81. The Morgan fingerprint density at radius 2 is 1.93 bits per heavy atom. The van der Waals surface area contributed by atoms with Crippen molar-refractivity contribution in [3.8, 4) is 0 Å². The van der Waals surface area contributed by atoms with Crippen molar-refractivity contribution in [1.29, 1.82) is 0 Å². The van der Waals surface area contributed by atoms with Gasteiger partial charge >= 0.3 is 0 Å². The standard InChI is InChI=1S/C22H28N6O2/c1-3-28-18-12-8-7-11-16(18)24-20(28)14-23-22(30)17-13-19(27(2)26-17)25-21(29)15-9-5-4-6-10-15/h7-8,11-13,15H,3-6,9-10,14H2,1-2H3,(H,23,30)(H,25,29). The van der Waals surface area contributed by atoms with Crippen LogP contribution < -0.4 is 10.6 Å². The number of hydrogen-bond acceptors (Lipinski definition) is 4. The predicted octanol–water partition coefficient (Wildman–Crippen LogP) is 3.24. The average molecular weight is 409 g/mol. The number of aromatic nitrogens is 4. The van der Waals surface area contributed by atoms with E-state index in [2.05, 4.69) is 32.2 Å². The Labute approximate surface area is 175 Å². The number of fused-ring (bicyclic) bond motifs is 1. The maximum Gasteiger partial charge on any atom is 0.272 e. The molecule has 2 aromatic heterocycles. The van der Waals surface area contributed by atoms with Crippen LogP contribution in [0.3, 0.4) is 0 Å². The minimum Gasteiger partial charge on any atom is -0.343 e. The molecule has 0 spiro atoms. The molecule has 2 N–H and O–H groups in total. The number of carbonyl (C=O) groups excluding carboxylic acids is 2. The van der Waals surface area contributed by atoms with Crippen LogP contribution in [-0.4, -0.2) is 31.1 Å². The molecule has 1 saturated carbocycles. The number of aryl methyl sites for hydroxylation is 2. The van der Waals surface area contributed by atoms with Crippen LogP contribution in [0.4, 0.5) is 5.82 Å². The number of anilines is 1. The lowest BCUT2D eigenvalue weighted by atomic mass is 9.89. The van der Waals surface area contributed by atoms with Crippen molar-refractivity contribution in [3.05, 3.63) is 41.9 Å². The quantitative estimate of drug-likeness (QED) is 0.655. The highest BCUT2D eigenvalue weighted by atomic mass is 16.2. The van der Waals surface area contributed by atoms with E-state index in [0.717, 1.165) is 49.1 Å². The zero-order chi connectivity index (χ0) is 21.1. The van der Waals surface area contributed by atoms with Crippen molar-refractivity contribution < 1.29 is 9.59 Å². The highest BCUT2D eigenvalue weighted by molar-refractivity contribution is 5.96. The molecule has 3 aromatic rings. The largest absolute Gasteiger partial charge is 0.343 e. The molecule has 0 unspecified atom stereocenters. The first kappa shape index (κ1) is 20.1. The summed E-state index contributed by atoms with van der Waals surface area (Å²) in [7, 11) is 1.73. The maximum atomic E-state index is 12.6. The van der Waals surface area contributed by atoms with Gasteiger partial charge < -0.3 is 15.2 Å². The molecule has 1 aliphatic rings. The Hall–Kier alpha value is -3.16. The molecule has 1 aromatic carbocycles. The predicted molar refractivity (Wildman–Crippen MR) is 115 cm³/mol. The van der Waals surface area contributed by atoms with E-state index >= 15 is 0 Å². The van der Waals surface area contributed by atoms with E-state index in [0.29, 0.717) is 12.4 Å². The van der Waals surface area contributed by atoms with Crippen LogP contribution in [0.15, 0.2) is 30.3 Å². The van der Waals surface area contributed by atoms with Crippen molar-refractivity contribution in [1.82, 2.24) is 24.6 Å². The lowest BCUT2D eigenvalue weighted by molar-refractivity contribution is -0.120. The van der Waals surface area contributed by atoms with Gasteiger partial charge in [-0.05, 0) is 31.9 Å². The summed E-state index contributed by atoms with van der Waals surface area (Å²) in [5.74, 6) is 1.11. The Kier molecular flexibility index (Phi) is 5.83. The van der Waals surface area contributed by atoms with E-state index in [9.17, 15) is 9.59 Å². The maximum absolute atomic E-state index is 12.6. The van der Waals surface area contributed by atoms with Gasteiger partial charge in [0.15, 0.2) is 5.69 Å². The number of hydrogen-bond donors (Lipinski definition) is 2. The highest BCUT2D eigenvalue weighted by Crippen LogP contribution is 2.25. The number of benzene rings is 1. The molecule has 0 bridgehead atoms. The van der Waals surface area contributed by atoms with Crippen LogP contribution in [0, 0.1) is 5.92 Å². The van der Waals surface area contributed by atoms with Crippen LogP contribution in [0.25, 0.3) is 11.0 Å². The lowest BCUT2D eigenvalue weighted by Crippen LogP contribution is -2.25. The number of nitrogens with zero attached hydrogens (tertiary/aromatic N) is 4. The van der Waals surface area contributed by atoms with Crippen LogP contribution in [0.1, 0.15) is 55.3 Å². The highest BCUT2D eigenvalue weighted by Gasteiger charge is 2.23. The van der Waals surface area contributed by atoms with E-state index in [1.807, 2.05) is 24.3 Å². The van der Waals surface area contributed by atoms with Crippen molar-refractivity contribution >= 4 is 28.7 Å². The second kappa shape index (κ2) is 8.69. The molecule has 8 nitrogen and oxygen atoms in total. The van der Waals surface area contributed by atoms with E-state index in [-0.39, 0.29) is 23.4 Å². The molecule has 0 atom stereocenters. The number of nitrogens with one attached hydrogen (secondary N) is 2. The fourth-order valence-electron chi connectivity index (χ4n) is 4.15. The number of carbonyl (C=O) groups is 2. The Morgan fingerprint density at radius 3 is 2.70 bits per heavy atom. The van der Waals surface area contributed by atoms with Gasteiger partial charge in [0.2, 0.25) is 5.91 Å². The van der Waals surface area contributed by atoms with Gasteiger partial charge in [0.25, 0.3) is 5.91 Å². The minimum atomic E-state index is -0.293. The van der Waals surface area contributed by atoms with Gasteiger partial charge in [-0.15, -0.1) is 0 Å². The van der Waals surface area contributed by atoms with E-state index in [4.69, 9.17) is 0 Å². The number of imidazole rings is 1. The Bertz CT molecular complexity index is 1060. The molecule has 1 aliphatic carbocycles. The summed E-state index contributed by atoms with van der Waals surface area (Å²) in [5, 5.41) is 10.1. The third kappa shape index (κ3) is 4.08. The Balaban J connectivity index is 1.42. The van der Waals surface area contributed by atoms with Crippen LogP contribution in [-0.2, 0) is 24.9 Å². The first-order valence-corrected chi connectivity index (χ1v) is 10.6. The minimum absolute atomic E-state index is 0.0151. The van der Waals surface area contributed by atoms with Gasteiger partial charge in [-0.2, -0.15) is 5.10 Å². The van der Waals surface area contributed by atoms with Crippen molar-refractivity contribution in [3.63, 3.8) is 0 Å².